The van der Waals surface area contributed by atoms with Crippen LogP contribution in [0.3, 0.4) is 0 Å². The number of aromatic nitrogens is 1. The second-order valence-corrected chi connectivity index (χ2v) is 6.78. The number of aryl methyl sites for hydroxylation is 1. The zero-order chi connectivity index (χ0) is 17.5. The molecule has 0 fully saturated rings. The van der Waals surface area contributed by atoms with Gasteiger partial charge in [-0.2, -0.15) is 0 Å². The van der Waals surface area contributed by atoms with E-state index in [4.69, 9.17) is 9.72 Å². The van der Waals surface area contributed by atoms with Crippen LogP contribution in [0.4, 0.5) is 0 Å². The number of ether oxygens (including phenoxy) is 1. The molecule has 1 heterocycles. The first kappa shape index (κ1) is 17.0. The van der Waals surface area contributed by atoms with Gasteiger partial charge >= 0.3 is 0 Å². The summed E-state index contributed by atoms with van der Waals surface area (Å²) < 4.78 is 5.50. The number of benzene rings is 1. The maximum atomic E-state index is 5.50. The van der Waals surface area contributed by atoms with Gasteiger partial charge in [-0.15, -0.1) is 0 Å². The Labute approximate surface area is 145 Å². The Bertz CT molecular complexity index is 812. The van der Waals surface area contributed by atoms with Crippen molar-refractivity contribution in [3.63, 3.8) is 0 Å². The predicted molar refractivity (Wildman–Crippen MR) is 103 cm³/mol. The highest BCUT2D eigenvalue weighted by Gasteiger charge is 2.43. The SMILES string of the molecule is CCC1=C(CC)C(CC)(CC)c2c(C)nc3ccc(OC)cc3c21. The van der Waals surface area contributed by atoms with Crippen LogP contribution in [0.15, 0.2) is 23.8 Å². The van der Waals surface area contributed by atoms with Gasteiger partial charge in [0.05, 0.1) is 12.6 Å². The van der Waals surface area contributed by atoms with Gasteiger partial charge in [-0.3, -0.25) is 4.98 Å². The van der Waals surface area contributed by atoms with Crippen LogP contribution in [0.5, 0.6) is 5.75 Å². The van der Waals surface area contributed by atoms with Crippen LogP contribution in [0.1, 0.15) is 70.2 Å². The number of hydrogen-bond acceptors (Lipinski definition) is 2. The smallest absolute Gasteiger partial charge is 0.119 e. The van der Waals surface area contributed by atoms with Crippen molar-refractivity contribution in [2.24, 2.45) is 0 Å². The van der Waals surface area contributed by atoms with Crippen molar-refractivity contribution in [1.82, 2.24) is 4.98 Å². The Morgan fingerprint density at radius 3 is 2.29 bits per heavy atom. The molecule has 128 valence electrons. The number of methoxy groups -OCH3 is 1. The lowest BCUT2D eigenvalue weighted by Gasteiger charge is -2.33. The Morgan fingerprint density at radius 1 is 1.04 bits per heavy atom. The Balaban J connectivity index is 2.49. The highest BCUT2D eigenvalue weighted by molar-refractivity contribution is 5.98. The summed E-state index contributed by atoms with van der Waals surface area (Å²) in [6, 6.07) is 6.28. The summed E-state index contributed by atoms with van der Waals surface area (Å²) in [5.41, 5.74) is 8.52. The first-order valence-corrected chi connectivity index (χ1v) is 9.29. The molecule has 0 atom stereocenters. The first-order chi connectivity index (χ1) is 11.6. The molecule has 0 N–H and O–H groups in total. The normalized spacial score (nSPS) is 15.9. The molecule has 1 aliphatic rings. The van der Waals surface area contributed by atoms with Gasteiger partial charge in [0.1, 0.15) is 5.75 Å². The van der Waals surface area contributed by atoms with Gasteiger partial charge in [0.15, 0.2) is 0 Å². The van der Waals surface area contributed by atoms with Gasteiger partial charge in [0, 0.05) is 16.5 Å². The van der Waals surface area contributed by atoms with Crippen molar-refractivity contribution in [2.75, 3.05) is 7.11 Å². The van der Waals surface area contributed by atoms with Gasteiger partial charge in [0.2, 0.25) is 0 Å². The minimum absolute atomic E-state index is 0.157. The van der Waals surface area contributed by atoms with E-state index < -0.39 is 0 Å². The van der Waals surface area contributed by atoms with Crippen LogP contribution < -0.4 is 4.74 Å². The van der Waals surface area contributed by atoms with E-state index in [0.717, 1.165) is 36.9 Å². The molecule has 3 rings (SSSR count). The summed E-state index contributed by atoms with van der Waals surface area (Å²) in [6.45, 7) is 11.4. The fraction of sp³-hybridized carbons (Fsp3) is 0.500. The van der Waals surface area contributed by atoms with Crippen molar-refractivity contribution >= 4 is 16.5 Å². The van der Waals surface area contributed by atoms with E-state index in [9.17, 15) is 0 Å². The molecule has 0 saturated heterocycles. The summed E-state index contributed by atoms with van der Waals surface area (Å²) in [4.78, 5) is 4.97. The molecule has 0 spiro atoms. The number of pyridine rings is 1. The highest BCUT2D eigenvalue weighted by Crippen LogP contribution is 2.55. The largest absolute Gasteiger partial charge is 0.497 e. The summed E-state index contributed by atoms with van der Waals surface area (Å²) in [5.74, 6) is 0.911. The van der Waals surface area contributed by atoms with E-state index >= 15 is 0 Å². The fourth-order valence-electron chi connectivity index (χ4n) is 4.95. The summed E-state index contributed by atoms with van der Waals surface area (Å²) >= 11 is 0. The van der Waals surface area contributed by atoms with E-state index in [1.807, 2.05) is 6.07 Å². The predicted octanol–water partition coefficient (Wildman–Crippen LogP) is 6.20. The van der Waals surface area contributed by atoms with Gasteiger partial charge in [-0.1, -0.05) is 33.3 Å². The second-order valence-electron chi connectivity index (χ2n) is 6.78. The zero-order valence-corrected chi connectivity index (χ0v) is 15.9. The standard InChI is InChI=1S/C22H29NO/c1-7-16-18(8-2)22(9-3,10-4)21-14(5)23-19-12-11-15(24-6)13-17(19)20(16)21/h11-13H,7-10H2,1-6H3. The van der Waals surface area contributed by atoms with Crippen LogP contribution in [-0.2, 0) is 5.41 Å². The summed E-state index contributed by atoms with van der Waals surface area (Å²) in [7, 11) is 1.74. The number of fused-ring (bicyclic) bond motifs is 3. The molecular formula is C22H29NO. The Kier molecular flexibility index (Phi) is 4.42. The quantitative estimate of drug-likeness (QED) is 0.654. The lowest BCUT2D eigenvalue weighted by Crippen LogP contribution is -2.26. The third kappa shape index (κ3) is 2.12. The molecule has 0 saturated carbocycles. The number of rotatable bonds is 5. The average molecular weight is 323 g/mol. The monoisotopic (exact) mass is 323 g/mol. The number of hydrogen-bond donors (Lipinski definition) is 0. The van der Waals surface area contributed by atoms with Gasteiger partial charge in [0.25, 0.3) is 0 Å². The molecular weight excluding hydrogens is 294 g/mol. The molecule has 0 aliphatic heterocycles. The van der Waals surface area contributed by atoms with Crippen molar-refractivity contribution in [3.8, 4) is 5.75 Å². The van der Waals surface area contributed by atoms with Crippen molar-refractivity contribution < 1.29 is 4.74 Å². The minimum atomic E-state index is 0.157. The second kappa shape index (κ2) is 6.23. The molecule has 1 aliphatic carbocycles. The van der Waals surface area contributed by atoms with Gasteiger partial charge in [-0.05, 0) is 67.5 Å². The third-order valence-corrected chi connectivity index (χ3v) is 6.01. The summed E-state index contributed by atoms with van der Waals surface area (Å²) in [5, 5.41) is 1.25. The average Bonchev–Trinajstić information content (AvgIpc) is 2.92. The maximum absolute atomic E-state index is 5.50. The lowest BCUT2D eigenvalue weighted by atomic mass is 9.71. The molecule has 0 bridgehead atoms. The van der Waals surface area contributed by atoms with Crippen LogP contribution in [0.25, 0.3) is 16.5 Å². The number of allylic oxidation sites excluding steroid dienone is 2. The lowest BCUT2D eigenvalue weighted by molar-refractivity contribution is 0.415. The Morgan fingerprint density at radius 2 is 1.75 bits per heavy atom. The molecule has 0 radical (unpaired) electrons. The molecule has 24 heavy (non-hydrogen) atoms. The molecule has 0 amide bonds. The Hall–Kier alpha value is -1.83. The van der Waals surface area contributed by atoms with Gasteiger partial charge in [-0.25, -0.2) is 0 Å². The molecule has 2 aromatic rings. The van der Waals surface area contributed by atoms with E-state index in [-0.39, 0.29) is 5.41 Å². The van der Waals surface area contributed by atoms with Crippen molar-refractivity contribution in [3.05, 3.63) is 40.6 Å². The van der Waals surface area contributed by atoms with E-state index in [0.29, 0.717) is 0 Å². The van der Waals surface area contributed by atoms with Crippen LogP contribution in [0, 0.1) is 6.92 Å². The summed E-state index contributed by atoms with van der Waals surface area (Å²) in [6.07, 6.45) is 4.47. The fourth-order valence-corrected chi connectivity index (χ4v) is 4.95. The first-order valence-electron chi connectivity index (χ1n) is 9.29. The molecule has 2 heteroatoms. The molecule has 2 nitrogen and oxygen atoms in total. The van der Waals surface area contributed by atoms with Crippen molar-refractivity contribution in [2.45, 2.75) is 65.7 Å². The third-order valence-electron chi connectivity index (χ3n) is 6.01. The van der Waals surface area contributed by atoms with Gasteiger partial charge < -0.3 is 4.74 Å². The highest BCUT2D eigenvalue weighted by atomic mass is 16.5. The van der Waals surface area contributed by atoms with E-state index in [1.165, 1.54) is 22.2 Å². The maximum Gasteiger partial charge on any atom is 0.119 e. The minimum Gasteiger partial charge on any atom is -0.497 e. The molecule has 1 aromatic carbocycles. The number of nitrogens with zero attached hydrogens (tertiary/aromatic N) is 1. The van der Waals surface area contributed by atoms with E-state index in [2.05, 4.69) is 46.8 Å². The van der Waals surface area contributed by atoms with Crippen LogP contribution in [-0.4, -0.2) is 12.1 Å². The van der Waals surface area contributed by atoms with E-state index in [1.54, 1.807) is 18.3 Å². The molecule has 1 aromatic heterocycles. The molecule has 0 unspecified atom stereocenters. The zero-order valence-electron chi connectivity index (χ0n) is 15.9. The van der Waals surface area contributed by atoms with Crippen LogP contribution in [0.2, 0.25) is 0 Å². The van der Waals surface area contributed by atoms with Crippen LogP contribution >= 0.6 is 0 Å². The van der Waals surface area contributed by atoms with Crippen molar-refractivity contribution in [1.29, 1.82) is 0 Å². The topological polar surface area (TPSA) is 22.1 Å².